The van der Waals surface area contributed by atoms with Crippen molar-refractivity contribution < 1.29 is 9.13 Å². The number of anilines is 1. The molecule has 1 aromatic carbocycles. The molecule has 1 aliphatic rings. The van der Waals surface area contributed by atoms with Crippen LogP contribution < -0.4 is 9.64 Å². The lowest BCUT2D eigenvalue weighted by Gasteiger charge is -2.17. The molecule has 1 N–H and O–H groups in total. The first-order chi connectivity index (χ1) is 11.7. The van der Waals surface area contributed by atoms with Gasteiger partial charge in [0.25, 0.3) is 0 Å². The first-order valence-electron chi connectivity index (χ1n) is 7.49. The third kappa shape index (κ3) is 5.43. The molecule has 0 bridgehead atoms. The molecule has 2 aromatic heterocycles. The second-order valence-corrected chi connectivity index (χ2v) is 6.02. The van der Waals surface area contributed by atoms with Gasteiger partial charge >= 0.3 is 0 Å². The Morgan fingerprint density at radius 2 is 1.96 bits per heavy atom. The minimum atomic E-state index is -0.385. The predicted octanol–water partition coefficient (Wildman–Crippen LogP) is 5.43. The third-order valence-corrected chi connectivity index (χ3v) is 4.18. The third-order valence-electron chi connectivity index (χ3n) is 3.94. The average Bonchev–Trinajstić information content (AvgIpc) is 3.16. The minimum Gasteiger partial charge on any atom is -0.473 e. The van der Waals surface area contributed by atoms with Gasteiger partial charge in [-0.1, -0.05) is 23.7 Å². The highest BCUT2D eigenvalue weighted by Crippen LogP contribution is 2.26. The van der Waals surface area contributed by atoms with Crippen LogP contribution in [0, 0.1) is 5.82 Å². The molecular formula is C17H17Br3ClFN4O. The highest BCUT2D eigenvalue weighted by Gasteiger charge is 2.21. The van der Waals surface area contributed by atoms with Crippen LogP contribution in [0.2, 0.25) is 5.02 Å². The van der Waals surface area contributed by atoms with Crippen LogP contribution in [0.25, 0.3) is 0 Å². The summed E-state index contributed by atoms with van der Waals surface area (Å²) in [6.45, 7) is 1.59. The van der Waals surface area contributed by atoms with Gasteiger partial charge < -0.3 is 9.64 Å². The van der Waals surface area contributed by atoms with Crippen LogP contribution in [0.5, 0.6) is 5.88 Å². The number of benzene rings is 1. The van der Waals surface area contributed by atoms with Gasteiger partial charge in [0.1, 0.15) is 18.2 Å². The van der Waals surface area contributed by atoms with Gasteiger partial charge in [-0.2, -0.15) is 10.1 Å². The summed E-state index contributed by atoms with van der Waals surface area (Å²) < 4.78 is 19.4. The minimum absolute atomic E-state index is 0. The number of fused-ring (bicyclic) bond motifs is 1. The van der Waals surface area contributed by atoms with Crippen LogP contribution in [-0.2, 0) is 19.7 Å². The van der Waals surface area contributed by atoms with Gasteiger partial charge in [-0.05, 0) is 18.2 Å². The molecule has 0 saturated heterocycles. The van der Waals surface area contributed by atoms with E-state index in [9.17, 15) is 4.39 Å². The van der Waals surface area contributed by atoms with Gasteiger partial charge in [-0.25, -0.2) is 4.39 Å². The first kappa shape index (κ1) is 23.9. The number of nitrogens with zero attached hydrogens (tertiary/aromatic N) is 3. The van der Waals surface area contributed by atoms with Crippen LogP contribution in [0.1, 0.15) is 16.8 Å². The van der Waals surface area contributed by atoms with E-state index < -0.39 is 0 Å². The number of rotatable bonds is 4. The molecule has 0 aliphatic carbocycles. The van der Waals surface area contributed by atoms with Crippen molar-refractivity contribution in [2.24, 2.45) is 0 Å². The summed E-state index contributed by atoms with van der Waals surface area (Å²) in [5, 5.41) is 7.38. The molecule has 4 rings (SSSR count). The van der Waals surface area contributed by atoms with E-state index in [0.29, 0.717) is 16.5 Å². The summed E-state index contributed by atoms with van der Waals surface area (Å²) in [6, 6.07) is 10.1. The number of aromatic nitrogens is 3. The molecule has 0 fully saturated rings. The predicted molar refractivity (Wildman–Crippen MR) is 119 cm³/mol. The van der Waals surface area contributed by atoms with Crippen molar-refractivity contribution in [1.29, 1.82) is 0 Å². The number of halogens is 5. The Morgan fingerprint density at radius 1 is 1.15 bits per heavy atom. The maximum absolute atomic E-state index is 13.8. The van der Waals surface area contributed by atoms with E-state index in [0.717, 1.165) is 24.6 Å². The number of aromatic amines is 1. The van der Waals surface area contributed by atoms with E-state index >= 15 is 0 Å². The second kappa shape index (κ2) is 10.4. The molecule has 27 heavy (non-hydrogen) atoms. The summed E-state index contributed by atoms with van der Waals surface area (Å²) in [4.78, 5) is 6.62. The van der Waals surface area contributed by atoms with Gasteiger partial charge in [0.05, 0.1) is 18.4 Å². The van der Waals surface area contributed by atoms with Crippen LogP contribution in [-0.4, -0.2) is 15.2 Å². The summed E-state index contributed by atoms with van der Waals surface area (Å²) in [5.41, 5.74) is 2.71. The fourth-order valence-corrected chi connectivity index (χ4v) is 2.84. The Labute approximate surface area is 192 Å². The van der Waals surface area contributed by atoms with E-state index in [2.05, 4.69) is 20.1 Å². The Kier molecular flexibility index (Phi) is 9.20. The number of ether oxygens (including phenoxy) is 1. The highest BCUT2D eigenvalue weighted by molar-refractivity contribution is 8.93. The molecule has 146 valence electrons. The lowest BCUT2D eigenvalue weighted by Crippen LogP contribution is -2.16. The standard InChI is InChI=1S/C17H14ClFN4O.3BrH/c18-13-5-4-11(14(19)6-13)10-24-17-3-1-2-16(21-17)23-8-12-7-20-22-15(12)9-23;;;/h1-7H,8-10H2,(H,20,22);3*1H. The highest BCUT2D eigenvalue weighted by atomic mass is 79.9. The second-order valence-electron chi connectivity index (χ2n) is 5.59. The number of hydrogen-bond acceptors (Lipinski definition) is 4. The van der Waals surface area contributed by atoms with Gasteiger partial charge in [0.2, 0.25) is 5.88 Å². The van der Waals surface area contributed by atoms with Crippen LogP contribution in [0.4, 0.5) is 10.2 Å². The first-order valence-corrected chi connectivity index (χ1v) is 7.87. The maximum atomic E-state index is 13.8. The van der Waals surface area contributed by atoms with E-state index in [4.69, 9.17) is 16.3 Å². The van der Waals surface area contributed by atoms with E-state index in [1.165, 1.54) is 11.6 Å². The number of pyridine rings is 1. The fraction of sp³-hybridized carbons (Fsp3) is 0.176. The summed E-state index contributed by atoms with van der Waals surface area (Å²) in [5.74, 6) is 0.883. The Hall–Kier alpha value is -1.16. The molecule has 5 nitrogen and oxygen atoms in total. The van der Waals surface area contributed by atoms with Crippen molar-refractivity contribution >= 4 is 68.4 Å². The number of nitrogens with one attached hydrogen (secondary N) is 1. The zero-order chi connectivity index (χ0) is 16.5. The Bertz CT molecular complexity index is 876. The lowest BCUT2D eigenvalue weighted by molar-refractivity contribution is 0.288. The van der Waals surface area contributed by atoms with Gasteiger partial charge in [0, 0.05) is 28.8 Å². The molecule has 0 amide bonds. The Balaban J connectivity index is 0.00000121. The summed E-state index contributed by atoms with van der Waals surface area (Å²) >= 11 is 5.75. The molecule has 0 spiro atoms. The fourth-order valence-electron chi connectivity index (χ4n) is 2.68. The molecular weight excluding hydrogens is 570 g/mol. The molecule has 0 saturated carbocycles. The number of hydrogen-bond donors (Lipinski definition) is 1. The van der Waals surface area contributed by atoms with Gasteiger partial charge in [0.15, 0.2) is 0 Å². The number of H-pyrrole nitrogens is 1. The molecule has 0 atom stereocenters. The largest absolute Gasteiger partial charge is 0.473 e. The molecule has 3 heterocycles. The maximum Gasteiger partial charge on any atom is 0.215 e. The lowest BCUT2D eigenvalue weighted by atomic mass is 10.2. The zero-order valence-electron chi connectivity index (χ0n) is 13.9. The van der Waals surface area contributed by atoms with Crippen LogP contribution >= 0.6 is 62.5 Å². The smallest absolute Gasteiger partial charge is 0.215 e. The molecule has 0 unspecified atom stereocenters. The zero-order valence-corrected chi connectivity index (χ0v) is 19.8. The van der Waals surface area contributed by atoms with Crippen LogP contribution in [0.15, 0.2) is 42.6 Å². The van der Waals surface area contributed by atoms with Crippen molar-refractivity contribution in [3.05, 3.63) is 70.3 Å². The van der Waals surface area contributed by atoms with Crippen molar-refractivity contribution in [2.45, 2.75) is 19.7 Å². The molecule has 3 aromatic rings. The monoisotopic (exact) mass is 584 g/mol. The topological polar surface area (TPSA) is 54.0 Å². The van der Waals surface area contributed by atoms with Gasteiger partial charge in [-0.15, -0.1) is 50.9 Å². The van der Waals surface area contributed by atoms with Crippen LogP contribution in [0.3, 0.4) is 0 Å². The average molecular weight is 588 g/mol. The summed E-state index contributed by atoms with van der Waals surface area (Å²) in [6.07, 6.45) is 1.83. The molecule has 1 aliphatic heterocycles. The summed E-state index contributed by atoms with van der Waals surface area (Å²) in [7, 11) is 0. The normalized spacial score (nSPS) is 11.7. The van der Waals surface area contributed by atoms with E-state index in [-0.39, 0.29) is 63.4 Å². The van der Waals surface area contributed by atoms with Crippen molar-refractivity contribution in [3.8, 4) is 5.88 Å². The van der Waals surface area contributed by atoms with Crippen molar-refractivity contribution in [1.82, 2.24) is 15.2 Å². The van der Waals surface area contributed by atoms with Crippen molar-refractivity contribution in [3.63, 3.8) is 0 Å². The van der Waals surface area contributed by atoms with E-state index in [1.54, 1.807) is 18.2 Å². The van der Waals surface area contributed by atoms with Gasteiger partial charge in [-0.3, -0.25) is 5.10 Å². The quantitative estimate of drug-likeness (QED) is 0.443. The SMILES string of the molecule is Br.Br.Br.Fc1cc(Cl)ccc1COc1cccc(N2Cc3cn[nH]c3C2)n1. The Morgan fingerprint density at radius 3 is 2.70 bits per heavy atom. The van der Waals surface area contributed by atoms with Crippen molar-refractivity contribution in [2.75, 3.05) is 4.90 Å². The molecule has 10 heteroatoms. The molecule has 0 radical (unpaired) electrons. The van der Waals surface area contributed by atoms with E-state index in [1.807, 2.05) is 18.3 Å².